The van der Waals surface area contributed by atoms with E-state index in [0.29, 0.717) is 58.4 Å². The van der Waals surface area contributed by atoms with Crippen molar-refractivity contribution in [3.8, 4) is 90.0 Å². The molecule has 0 aliphatic heterocycles. The van der Waals surface area contributed by atoms with E-state index in [1.54, 1.807) is 32.0 Å². The van der Waals surface area contributed by atoms with Gasteiger partial charge in [-0.15, -0.1) is 0 Å². The van der Waals surface area contributed by atoms with Crippen LogP contribution in [0.2, 0.25) is 0 Å². The summed E-state index contributed by atoms with van der Waals surface area (Å²) in [5, 5.41) is 27.1. The fourth-order valence-electron chi connectivity index (χ4n) is 11.4. The van der Waals surface area contributed by atoms with Crippen LogP contribution >= 0.6 is 28.7 Å². The number of hydrogen-bond donors (Lipinski definition) is 4. The molecular formula is C93H94B3BrNNaO12S. The molecule has 9 aromatic carbocycles. The first-order valence-corrected chi connectivity index (χ1v) is 37.1. The fraction of sp³-hybridized carbons (Fsp3) is 0.172. The third-order valence-corrected chi connectivity index (χ3v) is 17.9. The molecule has 0 aliphatic carbocycles. The number of aldehydes is 3. The molecule has 0 saturated carbocycles. The van der Waals surface area contributed by atoms with E-state index in [1.165, 1.54) is 28.7 Å². The molecule has 0 spiro atoms. The molecule has 19 heteroatoms. The van der Waals surface area contributed by atoms with Gasteiger partial charge < -0.3 is 43.4 Å². The maximum atomic E-state index is 11.5. The van der Waals surface area contributed by atoms with Crippen LogP contribution in [-0.4, -0.2) is 63.8 Å². The summed E-state index contributed by atoms with van der Waals surface area (Å²) >= 11 is 6.57. The Balaban J connectivity index is 0.000000284. The number of rotatable bonds is 16. The van der Waals surface area contributed by atoms with Gasteiger partial charge in [-0.05, 0) is 113 Å². The van der Waals surface area contributed by atoms with Crippen molar-refractivity contribution in [3.05, 3.63) is 338 Å². The van der Waals surface area contributed by atoms with Gasteiger partial charge in [-0.1, -0.05) is 291 Å². The average molecular weight is 1590 g/mol. The van der Waals surface area contributed by atoms with Gasteiger partial charge in [0, 0.05) is 70.7 Å². The number of carbonyl (C=O) groups excluding carboxylic acids is 3. The van der Waals surface area contributed by atoms with E-state index in [-0.39, 0.29) is 46.0 Å². The largest absolute Gasteiger partial charge is 1.00 e. The summed E-state index contributed by atoms with van der Waals surface area (Å²) in [6.45, 7) is 25.0. The molecule has 14 aromatic rings. The van der Waals surface area contributed by atoms with Crippen LogP contribution in [0.3, 0.4) is 0 Å². The van der Waals surface area contributed by atoms with Crippen molar-refractivity contribution in [1.82, 2.24) is 0 Å². The van der Waals surface area contributed by atoms with Gasteiger partial charge >= 0.3 is 61.4 Å². The Morgan fingerprint density at radius 2 is 0.741 bits per heavy atom. The summed E-state index contributed by atoms with van der Waals surface area (Å²) in [5.41, 5.74) is 20.4. The van der Waals surface area contributed by atoms with Crippen LogP contribution in [-0.2, 0) is 18.0 Å². The number of aryl methyl sites for hydroxylation is 9. The van der Waals surface area contributed by atoms with Crippen LogP contribution in [0.4, 0.5) is 0 Å². The summed E-state index contributed by atoms with van der Waals surface area (Å²) in [7, 11) is 2.99. The van der Waals surface area contributed by atoms with Gasteiger partial charge in [0.05, 0.1) is 34.4 Å². The van der Waals surface area contributed by atoms with Gasteiger partial charge in [0.1, 0.15) is 57.6 Å². The maximum absolute atomic E-state index is 11.5. The predicted molar refractivity (Wildman–Crippen MR) is 461 cm³/mol. The van der Waals surface area contributed by atoms with Gasteiger partial charge in [0.2, 0.25) is 0 Å². The number of carbonyl (C=O) groups is 3. The van der Waals surface area contributed by atoms with E-state index < -0.39 is 7.12 Å². The Morgan fingerprint density at radius 3 is 1.08 bits per heavy atom. The Morgan fingerprint density at radius 1 is 0.429 bits per heavy atom. The molecule has 0 aliphatic rings. The standard InChI is InChI=1S/C21H22O2.C19H18O2.C19H16O2.C12H9BrO2.C12H10O2.C7H9BO2.C3H8.BHNS.B.Na.H/c1-4-22-14-19-16(3)23-21(18-8-6-5-7-9-18)20(19)17-12-10-15(2)11-13-17;2*1-13-8-10-15(11-9-13)18-17(12-20)14(2)21-19(18)16-6-4-3-5-7-16;1-8-10(7-14)11(13)12(15-8)9-5-3-2-4-6-9;1-9-11(8-13)7-12(14-9)10-5-3-2-4-6-10;1-6-2-4-7(5-3-6)8(9)10;1-3-2;1-2-3;;;/h5-13H,4,14H2,1-3H3;3-11,20H,12H2,1-2H3;3-12H,1-2H3;2-7H,1H3;2-8H,1H3;2-5,9-10H,1H3;3H2,1-2H3;3H;;;/q;;;;;;;;;+1;-1. The summed E-state index contributed by atoms with van der Waals surface area (Å²) in [4.78, 5) is 32.9. The Bertz CT molecular complexity index is 5130. The average Bonchev–Trinajstić information content (AvgIpc) is 1.66. The first-order chi connectivity index (χ1) is 53.2. The Kier molecular flexibility index (Phi) is 39.8. The Hall–Kier alpha value is -9.95. The van der Waals surface area contributed by atoms with E-state index in [2.05, 4.69) is 129 Å². The summed E-state index contributed by atoms with van der Waals surface area (Å²) in [6, 6.07) is 83.4. The Labute approximate surface area is 699 Å². The molecule has 13 nitrogen and oxygen atoms in total. The predicted octanol–water partition coefficient (Wildman–Crippen LogP) is 20.4. The van der Waals surface area contributed by atoms with Crippen molar-refractivity contribution in [1.29, 1.82) is 0 Å². The van der Waals surface area contributed by atoms with E-state index in [1.807, 2.05) is 217 Å². The molecule has 0 atom stereocenters. The quantitative estimate of drug-likeness (QED) is 0.0406. The third-order valence-electron chi connectivity index (χ3n) is 17.1. The first kappa shape index (κ1) is 92.7. The number of aliphatic hydroxyl groups excluding tert-OH is 1. The minimum absolute atomic E-state index is 0. The molecule has 112 heavy (non-hydrogen) atoms. The molecule has 14 rings (SSSR count). The molecular weight excluding hydrogens is 1490 g/mol. The SMILES string of the molecule is CCC.CCOCc1c(C)oc(-c2ccccc2)c1-c1ccc(C)cc1.Cc1ccc(-c2c(-c3ccccc3)oc(C)c2C=O)cc1.Cc1ccc(-c2c(-c3ccccc3)oc(C)c2CO)cc1.Cc1ccc(B(O)O)cc1.Cc1oc(-c2ccccc2)c(Br)c1C=O.Cc1oc(-c2ccccc2)cc1C=O.[B].[B]=NS.[H-].[Na+]. The number of furan rings is 5. The van der Waals surface area contributed by atoms with Crippen LogP contribution < -0.4 is 35.0 Å². The van der Waals surface area contributed by atoms with Gasteiger partial charge in [-0.25, -0.2) is 0 Å². The zero-order chi connectivity index (χ0) is 79.7. The van der Waals surface area contributed by atoms with E-state index in [9.17, 15) is 19.5 Å². The molecule has 0 fully saturated rings. The number of aliphatic hydroxyl groups is 1. The van der Waals surface area contributed by atoms with E-state index >= 15 is 0 Å². The molecule has 0 saturated heterocycles. The van der Waals surface area contributed by atoms with Crippen molar-refractivity contribution in [3.63, 3.8) is 0 Å². The number of ether oxygens (including phenoxy) is 1. The summed E-state index contributed by atoms with van der Waals surface area (Å²) < 4.78 is 38.1. The van der Waals surface area contributed by atoms with Crippen LogP contribution in [0.1, 0.15) is 122 Å². The molecule has 4 radical (unpaired) electrons. The monoisotopic (exact) mass is 1580 g/mol. The second kappa shape index (κ2) is 48.1. The topological polar surface area (TPSA) is 199 Å². The fourth-order valence-corrected chi connectivity index (χ4v) is 12.1. The van der Waals surface area contributed by atoms with Gasteiger partial charge in [-0.3, -0.25) is 14.4 Å². The zero-order valence-electron chi connectivity index (χ0n) is 66.8. The minimum atomic E-state index is -1.35. The van der Waals surface area contributed by atoms with Crippen molar-refractivity contribution in [2.45, 2.75) is 103 Å². The van der Waals surface area contributed by atoms with Gasteiger partial charge in [-0.2, -0.15) is 0 Å². The molecule has 0 bridgehead atoms. The number of thiol groups is 1. The summed E-state index contributed by atoms with van der Waals surface area (Å²) in [5.74, 6) is 7.58. The first-order valence-electron chi connectivity index (χ1n) is 36.0. The van der Waals surface area contributed by atoms with Gasteiger partial charge in [0.15, 0.2) is 18.9 Å². The minimum Gasteiger partial charge on any atom is -1.00 e. The maximum Gasteiger partial charge on any atom is 1.00 e. The van der Waals surface area contributed by atoms with Crippen LogP contribution in [0.25, 0.3) is 90.0 Å². The molecule has 5 aromatic heterocycles. The molecule has 566 valence electrons. The third kappa shape index (κ3) is 26.1. The van der Waals surface area contributed by atoms with Gasteiger partial charge in [0.25, 0.3) is 0 Å². The second-order valence-corrected chi connectivity index (χ2v) is 26.5. The van der Waals surface area contributed by atoms with E-state index in [0.717, 1.165) is 130 Å². The number of halogens is 1. The number of hydrogen-bond acceptors (Lipinski definition) is 14. The van der Waals surface area contributed by atoms with Crippen molar-refractivity contribution in [2.75, 3.05) is 6.61 Å². The zero-order valence-corrected chi connectivity index (χ0v) is 70.3. The molecule has 5 heterocycles. The molecule has 3 N–H and O–H groups in total. The normalized spacial score (nSPS) is 10.0. The van der Waals surface area contributed by atoms with Crippen LogP contribution in [0.15, 0.2) is 286 Å². The van der Waals surface area contributed by atoms with Crippen LogP contribution in [0.5, 0.6) is 0 Å². The van der Waals surface area contributed by atoms with E-state index in [4.69, 9.17) is 36.9 Å². The smallest absolute Gasteiger partial charge is 1.00 e. The van der Waals surface area contributed by atoms with Crippen molar-refractivity contribution >= 4 is 76.2 Å². The van der Waals surface area contributed by atoms with Crippen molar-refractivity contribution in [2.24, 2.45) is 4.30 Å². The summed E-state index contributed by atoms with van der Waals surface area (Å²) in [6.07, 6.45) is 3.74. The van der Waals surface area contributed by atoms with Crippen molar-refractivity contribution < 1.29 is 87.3 Å². The number of benzene rings is 9. The second-order valence-electron chi connectivity index (χ2n) is 25.5. The number of nitrogens with zero attached hydrogens (tertiary/aromatic N) is 1. The van der Waals surface area contributed by atoms with Crippen LogP contribution in [0, 0.1) is 62.3 Å². The molecule has 0 unspecified atom stereocenters. The molecule has 0 amide bonds.